The van der Waals surface area contributed by atoms with Crippen molar-refractivity contribution in [1.29, 1.82) is 0 Å². The van der Waals surface area contributed by atoms with Crippen LogP contribution in [0.3, 0.4) is 0 Å². The van der Waals surface area contributed by atoms with Gasteiger partial charge in [0.2, 0.25) is 0 Å². The molecule has 1 fully saturated rings. The van der Waals surface area contributed by atoms with Crippen LogP contribution in [-0.2, 0) is 12.1 Å². The number of hydrogen-bond donors (Lipinski definition) is 2. The highest BCUT2D eigenvalue weighted by Crippen LogP contribution is 2.43. The second kappa shape index (κ2) is 7.02. The molecule has 5 heteroatoms. The van der Waals surface area contributed by atoms with E-state index in [1.165, 1.54) is 28.8 Å². The van der Waals surface area contributed by atoms with Crippen LogP contribution in [0.4, 0.5) is 0 Å². The van der Waals surface area contributed by atoms with Crippen LogP contribution in [-0.4, -0.2) is 17.3 Å². The predicted octanol–water partition coefficient (Wildman–Crippen LogP) is 4.71. The number of benzene rings is 1. The van der Waals surface area contributed by atoms with Gasteiger partial charge in [0.25, 0.3) is 0 Å². The SMILES string of the molecule is COc1ccccc1C1(NCc2cn[nH]c2-c2cccs2)CCCC1. The zero-order valence-electron chi connectivity index (χ0n) is 14.4. The fraction of sp³-hybridized carbons (Fsp3) is 0.350. The normalized spacial score (nSPS) is 16.2. The van der Waals surface area contributed by atoms with Crippen LogP contribution < -0.4 is 10.1 Å². The van der Waals surface area contributed by atoms with E-state index in [4.69, 9.17) is 4.74 Å². The molecule has 4 nitrogen and oxygen atoms in total. The zero-order chi connectivity index (χ0) is 17.1. The topological polar surface area (TPSA) is 49.9 Å². The second-order valence-corrected chi connectivity index (χ2v) is 7.54. The molecule has 3 aromatic rings. The first-order valence-electron chi connectivity index (χ1n) is 8.77. The molecule has 0 atom stereocenters. The number of rotatable bonds is 6. The van der Waals surface area contributed by atoms with E-state index in [1.54, 1.807) is 18.4 Å². The van der Waals surface area contributed by atoms with Crippen molar-refractivity contribution in [1.82, 2.24) is 15.5 Å². The standard InChI is InChI=1S/C20H23N3OS/c1-24-17-8-3-2-7-16(17)20(10-4-5-11-20)21-13-15-14-22-23-19(15)18-9-6-12-25-18/h2-3,6-9,12,14,21H,4-5,10-11,13H2,1H3,(H,22,23). The molecule has 25 heavy (non-hydrogen) atoms. The van der Waals surface area contributed by atoms with E-state index in [1.807, 2.05) is 12.3 Å². The van der Waals surface area contributed by atoms with Gasteiger partial charge in [-0.25, -0.2) is 0 Å². The lowest BCUT2D eigenvalue weighted by Gasteiger charge is -2.32. The Bertz CT molecular complexity index is 819. The van der Waals surface area contributed by atoms with Crippen molar-refractivity contribution in [2.24, 2.45) is 0 Å². The van der Waals surface area contributed by atoms with E-state index in [0.717, 1.165) is 30.8 Å². The minimum Gasteiger partial charge on any atom is -0.496 e. The van der Waals surface area contributed by atoms with Gasteiger partial charge in [-0.2, -0.15) is 5.10 Å². The van der Waals surface area contributed by atoms with Gasteiger partial charge in [0.1, 0.15) is 5.75 Å². The van der Waals surface area contributed by atoms with Gasteiger partial charge in [0, 0.05) is 23.2 Å². The van der Waals surface area contributed by atoms with Crippen LogP contribution in [0.5, 0.6) is 5.75 Å². The number of ether oxygens (including phenoxy) is 1. The van der Waals surface area contributed by atoms with E-state index in [-0.39, 0.29) is 5.54 Å². The van der Waals surface area contributed by atoms with Gasteiger partial charge in [-0.05, 0) is 30.4 Å². The number of thiophene rings is 1. The van der Waals surface area contributed by atoms with Crippen molar-refractivity contribution in [3.8, 4) is 16.3 Å². The predicted molar refractivity (Wildman–Crippen MR) is 102 cm³/mol. The fourth-order valence-corrected chi connectivity index (χ4v) is 4.66. The van der Waals surface area contributed by atoms with Gasteiger partial charge in [-0.15, -0.1) is 11.3 Å². The fourth-order valence-electron chi connectivity index (χ4n) is 3.90. The first-order valence-corrected chi connectivity index (χ1v) is 9.65. The van der Waals surface area contributed by atoms with E-state index < -0.39 is 0 Å². The molecular weight excluding hydrogens is 330 g/mol. The molecule has 0 amide bonds. The Hall–Kier alpha value is -2.11. The molecule has 0 saturated heterocycles. The van der Waals surface area contributed by atoms with E-state index in [0.29, 0.717) is 0 Å². The van der Waals surface area contributed by atoms with Crippen LogP contribution in [0.15, 0.2) is 48.0 Å². The summed E-state index contributed by atoms with van der Waals surface area (Å²) in [7, 11) is 1.76. The summed E-state index contributed by atoms with van der Waals surface area (Å²) in [5.74, 6) is 0.975. The van der Waals surface area contributed by atoms with Crippen LogP contribution >= 0.6 is 11.3 Å². The molecule has 1 aliphatic carbocycles. The minimum absolute atomic E-state index is 0.0173. The highest BCUT2D eigenvalue weighted by Gasteiger charge is 2.37. The molecule has 4 rings (SSSR count). The largest absolute Gasteiger partial charge is 0.496 e. The first-order chi connectivity index (χ1) is 12.3. The van der Waals surface area contributed by atoms with Crippen molar-refractivity contribution in [2.45, 2.75) is 37.8 Å². The Morgan fingerprint density at radius 3 is 2.80 bits per heavy atom. The molecule has 0 radical (unpaired) electrons. The molecule has 0 bridgehead atoms. The molecule has 2 aromatic heterocycles. The highest BCUT2D eigenvalue weighted by molar-refractivity contribution is 7.13. The number of hydrogen-bond acceptors (Lipinski definition) is 4. The van der Waals surface area contributed by atoms with Gasteiger partial charge in [0.05, 0.1) is 23.9 Å². The third kappa shape index (κ3) is 3.10. The Kier molecular flexibility index (Phi) is 4.59. The minimum atomic E-state index is -0.0173. The van der Waals surface area contributed by atoms with Crippen LogP contribution in [0.2, 0.25) is 0 Å². The lowest BCUT2D eigenvalue weighted by atomic mass is 9.87. The van der Waals surface area contributed by atoms with Crippen molar-refractivity contribution < 1.29 is 4.74 Å². The molecule has 0 aliphatic heterocycles. The first kappa shape index (κ1) is 16.4. The van der Waals surface area contributed by atoms with Gasteiger partial charge < -0.3 is 10.1 Å². The van der Waals surface area contributed by atoms with Crippen molar-refractivity contribution >= 4 is 11.3 Å². The quantitative estimate of drug-likeness (QED) is 0.675. The smallest absolute Gasteiger partial charge is 0.123 e. The molecule has 0 unspecified atom stereocenters. The maximum atomic E-state index is 5.65. The lowest BCUT2D eigenvalue weighted by molar-refractivity contribution is 0.317. The number of methoxy groups -OCH3 is 1. The molecule has 130 valence electrons. The summed E-state index contributed by atoms with van der Waals surface area (Å²) in [5.41, 5.74) is 3.59. The van der Waals surface area contributed by atoms with Crippen LogP contribution in [0.1, 0.15) is 36.8 Å². The number of nitrogens with zero attached hydrogens (tertiary/aromatic N) is 1. The van der Waals surface area contributed by atoms with Gasteiger partial charge in [0.15, 0.2) is 0 Å². The molecule has 2 heterocycles. The summed E-state index contributed by atoms with van der Waals surface area (Å²) in [6, 6.07) is 12.6. The maximum absolute atomic E-state index is 5.65. The average Bonchev–Trinajstić information content (AvgIpc) is 3.41. The number of aromatic nitrogens is 2. The number of para-hydroxylation sites is 1. The number of aromatic amines is 1. The summed E-state index contributed by atoms with van der Waals surface area (Å²) in [5, 5.41) is 13.4. The van der Waals surface area contributed by atoms with E-state index in [9.17, 15) is 0 Å². The Morgan fingerprint density at radius 2 is 2.04 bits per heavy atom. The Morgan fingerprint density at radius 1 is 1.20 bits per heavy atom. The van der Waals surface area contributed by atoms with Gasteiger partial charge >= 0.3 is 0 Å². The van der Waals surface area contributed by atoms with Crippen molar-refractivity contribution in [2.75, 3.05) is 7.11 Å². The van der Waals surface area contributed by atoms with E-state index in [2.05, 4.69) is 51.2 Å². The highest BCUT2D eigenvalue weighted by atomic mass is 32.1. The van der Waals surface area contributed by atoms with Crippen molar-refractivity contribution in [3.05, 3.63) is 59.1 Å². The van der Waals surface area contributed by atoms with Crippen molar-refractivity contribution in [3.63, 3.8) is 0 Å². The summed E-state index contributed by atoms with van der Waals surface area (Å²) in [6.45, 7) is 0.793. The Labute approximate surface area is 152 Å². The summed E-state index contributed by atoms with van der Waals surface area (Å²) in [4.78, 5) is 1.23. The molecule has 0 spiro atoms. The third-order valence-corrected chi connectivity index (χ3v) is 6.07. The molecule has 1 aliphatic rings. The molecular formula is C20H23N3OS. The van der Waals surface area contributed by atoms with Gasteiger partial charge in [-0.1, -0.05) is 37.1 Å². The Balaban J connectivity index is 1.61. The van der Waals surface area contributed by atoms with Crippen LogP contribution in [0, 0.1) is 0 Å². The summed E-state index contributed by atoms with van der Waals surface area (Å²) >= 11 is 1.74. The average molecular weight is 353 g/mol. The molecule has 2 N–H and O–H groups in total. The van der Waals surface area contributed by atoms with Crippen LogP contribution in [0.25, 0.3) is 10.6 Å². The molecule has 1 aromatic carbocycles. The number of H-pyrrole nitrogens is 1. The third-order valence-electron chi connectivity index (χ3n) is 5.18. The zero-order valence-corrected chi connectivity index (χ0v) is 15.2. The monoisotopic (exact) mass is 353 g/mol. The second-order valence-electron chi connectivity index (χ2n) is 6.59. The van der Waals surface area contributed by atoms with E-state index >= 15 is 0 Å². The van der Waals surface area contributed by atoms with Gasteiger partial charge in [-0.3, -0.25) is 5.10 Å². The summed E-state index contributed by atoms with van der Waals surface area (Å²) < 4.78 is 5.65. The summed E-state index contributed by atoms with van der Waals surface area (Å²) in [6.07, 6.45) is 6.70. The lowest BCUT2D eigenvalue weighted by Crippen LogP contribution is -2.39. The maximum Gasteiger partial charge on any atom is 0.123 e. The number of nitrogens with one attached hydrogen (secondary N) is 2. The molecule has 1 saturated carbocycles.